The third-order valence-electron chi connectivity index (χ3n) is 5.71. The van der Waals surface area contributed by atoms with Crippen LogP contribution in [0.5, 0.6) is 0 Å². The number of pyridine rings is 1. The number of furan rings is 1. The monoisotopic (exact) mass is 427 g/mol. The number of likely N-dealkylation sites (tertiary alicyclic amines) is 1. The minimum atomic E-state index is -3.96. The maximum absolute atomic E-state index is 13.3. The average molecular weight is 428 g/mol. The van der Waals surface area contributed by atoms with E-state index in [-0.39, 0.29) is 22.1 Å². The first-order valence-electron chi connectivity index (χ1n) is 10.0. The number of carbonyl (C=O) groups excluding carboxylic acids is 1. The molecule has 0 spiro atoms. The van der Waals surface area contributed by atoms with Gasteiger partial charge in [-0.05, 0) is 69.4 Å². The summed E-state index contributed by atoms with van der Waals surface area (Å²) in [5.41, 5.74) is 2.65. The number of amides is 1. The molecule has 1 aliphatic heterocycles. The van der Waals surface area contributed by atoms with Gasteiger partial charge in [-0.25, -0.2) is 8.42 Å². The number of benzene rings is 1. The van der Waals surface area contributed by atoms with Crippen molar-refractivity contribution in [2.75, 3.05) is 17.8 Å². The van der Waals surface area contributed by atoms with Gasteiger partial charge < -0.3 is 9.32 Å². The maximum Gasteiger partial charge on any atom is 0.289 e. The number of anilines is 1. The van der Waals surface area contributed by atoms with E-state index in [4.69, 9.17) is 4.42 Å². The predicted octanol–water partition coefficient (Wildman–Crippen LogP) is 4.18. The van der Waals surface area contributed by atoms with Crippen LogP contribution in [0.25, 0.3) is 11.0 Å². The van der Waals surface area contributed by atoms with E-state index in [9.17, 15) is 13.2 Å². The van der Waals surface area contributed by atoms with Crippen LogP contribution >= 0.6 is 0 Å². The molecule has 1 saturated heterocycles. The van der Waals surface area contributed by atoms with Gasteiger partial charge in [-0.15, -0.1) is 0 Å². The molecule has 0 saturated carbocycles. The van der Waals surface area contributed by atoms with Crippen LogP contribution < -0.4 is 4.72 Å². The van der Waals surface area contributed by atoms with E-state index < -0.39 is 10.0 Å². The number of carbonyl (C=O) groups is 1. The van der Waals surface area contributed by atoms with Crippen LogP contribution in [-0.4, -0.2) is 37.3 Å². The van der Waals surface area contributed by atoms with E-state index in [1.54, 1.807) is 30.2 Å². The summed E-state index contributed by atoms with van der Waals surface area (Å²) >= 11 is 0. The first-order chi connectivity index (χ1) is 14.3. The molecule has 4 rings (SSSR count). The molecule has 0 atom stereocenters. The van der Waals surface area contributed by atoms with Crippen LogP contribution in [0.4, 0.5) is 5.69 Å². The summed E-state index contributed by atoms with van der Waals surface area (Å²) in [7, 11) is -3.96. The Kier molecular flexibility index (Phi) is 5.27. The third kappa shape index (κ3) is 3.56. The Morgan fingerprint density at radius 1 is 1.13 bits per heavy atom. The van der Waals surface area contributed by atoms with Gasteiger partial charge in [0.1, 0.15) is 4.90 Å². The summed E-state index contributed by atoms with van der Waals surface area (Å²) < 4.78 is 35.1. The number of aromatic nitrogens is 1. The van der Waals surface area contributed by atoms with Crippen molar-refractivity contribution < 1.29 is 17.6 Å². The standard InChI is InChI=1S/C22H25N3O4S/c1-14-12-18-16(3)19(22(26)25-10-5-4-6-11-25)29-20(18)21(15(14)2)30(27,28)24-17-8-7-9-23-13-17/h7-9,12-13,24H,4-6,10-11H2,1-3H3. The first kappa shape index (κ1) is 20.4. The normalized spacial score (nSPS) is 14.8. The quantitative estimate of drug-likeness (QED) is 0.674. The number of nitrogens with one attached hydrogen (secondary N) is 1. The Balaban J connectivity index is 1.85. The fourth-order valence-corrected chi connectivity index (χ4v) is 5.43. The average Bonchev–Trinajstić information content (AvgIpc) is 3.05. The molecule has 8 heteroatoms. The van der Waals surface area contributed by atoms with Crippen molar-refractivity contribution in [3.05, 3.63) is 53.0 Å². The Bertz CT molecular complexity index is 1210. The van der Waals surface area contributed by atoms with Crippen LogP contribution in [0.2, 0.25) is 0 Å². The minimum Gasteiger partial charge on any atom is -0.449 e. The zero-order chi connectivity index (χ0) is 21.5. The summed E-state index contributed by atoms with van der Waals surface area (Å²) in [5.74, 6) is 0.0389. The zero-order valence-corrected chi connectivity index (χ0v) is 18.2. The van der Waals surface area contributed by atoms with Crippen molar-refractivity contribution in [1.29, 1.82) is 0 Å². The van der Waals surface area contributed by atoms with Crippen molar-refractivity contribution in [3.63, 3.8) is 0 Å². The van der Waals surface area contributed by atoms with Crippen LogP contribution in [-0.2, 0) is 10.0 Å². The van der Waals surface area contributed by atoms with E-state index in [1.807, 2.05) is 19.9 Å². The van der Waals surface area contributed by atoms with Crippen molar-refractivity contribution >= 4 is 32.6 Å². The lowest BCUT2D eigenvalue weighted by atomic mass is 10.0. The third-order valence-corrected chi connectivity index (χ3v) is 7.25. The molecule has 1 amide bonds. The van der Waals surface area contributed by atoms with Gasteiger partial charge in [0.2, 0.25) is 0 Å². The van der Waals surface area contributed by atoms with Crippen LogP contribution in [0.3, 0.4) is 0 Å². The topological polar surface area (TPSA) is 92.5 Å². The molecule has 30 heavy (non-hydrogen) atoms. The highest BCUT2D eigenvalue weighted by Crippen LogP contribution is 2.36. The Labute approximate surface area is 176 Å². The molecule has 0 unspecified atom stereocenters. The van der Waals surface area contributed by atoms with Crippen molar-refractivity contribution in [3.8, 4) is 0 Å². The lowest BCUT2D eigenvalue weighted by molar-refractivity contribution is 0.0693. The van der Waals surface area contributed by atoms with Crippen molar-refractivity contribution in [1.82, 2.24) is 9.88 Å². The number of fused-ring (bicyclic) bond motifs is 1. The summed E-state index contributed by atoms with van der Waals surface area (Å²) in [6.07, 6.45) is 6.07. The molecule has 1 fully saturated rings. The highest BCUT2D eigenvalue weighted by atomic mass is 32.2. The highest BCUT2D eigenvalue weighted by molar-refractivity contribution is 7.93. The fourth-order valence-electron chi connectivity index (χ4n) is 3.94. The van der Waals surface area contributed by atoms with Crippen LogP contribution in [0.15, 0.2) is 39.9 Å². The number of rotatable bonds is 4. The van der Waals surface area contributed by atoms with Gasteiger partial charge in [-0.2, -0.15) is 0 Å². The number of sulfonamides is 1. The summed E-state index contributed by atoms with van der Waals surface area (Å²) in [6.45, 7) is 6.80. The van der Waals surface area contributed by atoms with E-state index >= 15 is 0 Å². The molecular weight excluding hydrogens is 402 g/mol. The highest BCUT2D eigenvalue weighted by Gasteiger charge is 2.30. The molecule has 7 nitrogen and oxygen atoms in total. The van der Waals surface area contributed by atoms with Gasteiger partial charge in [-0.3, -0.25) is 14.5 Å². The van der Waals surface area contributed by atoms with E-state index in [0.717, 1.165) is 24.8 Å². The second-order valence-electron chi connectivity index (χ2n) is 7.78. The van der Waals surface area contributed by atoms with Gasteiger partial charge in [0, 0.05) is 30.2 Å². The molecule has 1 aliphatic rings. The Morgan fingerprint density at radius 2 is 1.87 bits per heavy atom. The molecule has 0 bridgehead atoms. The second kappa shape index (κ2) is 7.75. The number of hydrogen-bond acceptors (Lipinski definition) is 5. The number of aryl methyl sites for hydroxylation is 2. The molecule has 3 heterocycles. The van der Waals surface area contributed by atoms with Crippen molar-refractivity contribution in [2.24, 2.45) is 0 Å². The number of hydrogen-bond donors (Lipinski definition) is 1. The SMILES string of the molecule is Cc1cc2c(C)c(C(=O)N3CCCCC3)oc2c(S(=O)(=O)Nc2cccnc2)c1C. The van der Waals surface area contributed by atoms with E-state index in [0.29, 0.717) is 35.3 Å². The molecule has 0 radical (unpaired) electrons. The lowest BCUT2D eigenvalue weighted by Crippen LogP contribution is -2.35. The van der Waals surface area contributed by atoms with Gasteiger partial charge in [0.25, 0.3) is 15.9 Å². The van der Waals surface area contributed by atoms with Gasteiger partial charge in [0.15, 0.2) is 11.3 Å². The van der Waals surface area contributed by atoms with Crippen molar-refractivity contribution in [2.45, 2.75) is 44.9 Å². The second-order valence-corrected chi connectivity index (χ2v) is 9.40. The molecule has 0 aliphatic carbocycles. The minimum absolute atomic E-state index is 0.0575. The smallest absolute Gasteiger partial charge is 0.289 e. The predicted molar refractivity (Wildman–Crippen MR) is 115 cm³/mol. The van der Waals surface area contributed by atoms with Crippen LogP contribution in [0, 0.1) is 20.8 Å². The molecule has 158 valence electrons. The molecule has 3 aromatic rings. The van der Waals surface area contributed by atoms with Crippen LogP contribution in [0.1, 0.15) is 46.5 Å². The molecule has 1 N–H and O–H groups in total. The summed E-state index contributed by atoms with van der Waals surface area (Å²) in [6, 6.07) is 5.17. The number of nitrogens with zero attached hydrogens (tertiary/aromatic N) is 2. The van der Waals surface area contributed by atoms with Gasteiger partial charge in [-0.1, -0.05) is 0 Å². The van der Waals surface area contributed by atoms with Gasteiger partial charge in [0.05, 0.1) is 11.9 Å². The first-order valence-corrected chi connectivity index (χ1v) is 11.5. The molecule has 2 aromatic heterocycles. The van der Waals surface area contributed by atoms with Gasteiger partial charge >= 0.3 is 0 Å². The Hall–Kier alpha value is -2.87. The number of piperidine rings is 1. The molecule has 1 aromatic carbocycles. The lowest BCUT2D eigenvalue weighted by Gasteiger charge is -2.25. The zero-order valence-electron chi connectivity index (χ0n) is 17.4. The van der Waals surface area contributed by atoms with E-state index in [2.05, 4.69) is 9.71 Å². The summed E-state index contributed by atoms with van der Waals surface area (Å²) in [4.78, 5) is 18.9. The fraction of sp³-hybridized carbons (Fsp3) is 0.364. The molecular formula is C22H25N3O4S. The largest absolute Gasteiger partial charge is 0.449 e. The Morgan fingerprint density at radius 3 is 2.53 bits per heavy atom. The summed E-state index contributed by atoms with van der Waals surface area (Å²) in [5, 5.41) is 0.644. The van der Waals surface area contributed by atoms with E-state index in [1.165, 1.54) is 6.20 Å². The maximum atomic E-state index is 13.3.